The second-order valence-electron chi connectivity index (χ2n) is 7.71. The summed E-state index contributed by atoms with van der Waals surface area (Å²) in [5.74, 6) is -0.0605. The van der Waals surface area contributed by atoms with Gasteiger partial charge < -0.3 is 19.9 Å². The fourth-order valence-corrected chi connectivity index (χ4v) is 4.19. The number of nitrogens with one attached hydrogen (secondary N) is 1. The number of benzene rings is 2. The standard InChI is InChI=1S/C23H24ClN3O4/c1-25-21(28)20-14-27(18-4-2-3-5-19(18)31-20)23(30)16-10-12-26(13-11-16)22(29)15-6-8-17(24)9-7-15/h2-9,16,20H,10-14H2,1H3,(H,25,28)/t20-/m0/s1. The van der Waals surface area contributed by atoms with Crippen LogP contribution in [0.3, 0.4) is 0 Å². The molecule has 7 nitrogen and oxygen atoms in total. The fraction of sp³-hybridized carbons (Fsp3) is 0.348. The molecule has 0 radical (unpaired) electrons. The number of hydrogen-bond acceptors (Lipinski definition) is 4. The van der Waals surface area contributed by atoms with Gasteiger partial charge in [-0.25, -0.2) is 0 Å². The molecular weight excluding hydrogens is 418 g/mol. The number of likely N-dealkylation sites (tertiary alicyclic amines) is 1. The number of piperidine rings is 1. The van der Waals surface area contributed by atoms with Crippen LogP contribution in [0.1, 0.15) is 23.2 Å². The Hall–Kier alpha value is -3.06. The average Bonchev–Trinajstić information content (AvgIpc) is 2.82. The van der Waals surface area contributed by atoms with Crippen LogP contribution in [0.15, 0.2) is 48.5 Å². The van der Waals surface area contributed by atoms with Crippen LogP contribution < -0.4 is 15.0 Å². The second kappa shape index (κ2) is 8.98. The molecule has 0 spiro atoms. The van der Waals surface area contributed by atoms with Gasteiger partial charge in [0.1, 0.15) is 5.75 Å². The Morgan fingerprint density at radius 1 is 1.03 bits per heavy atom. The summed E-state index contributed by atoms with van der Waals surface area (Å²) in [5.41, 5.74) is 1.26. The topological polar surface area (TPSA) is 79.0 Å². The number of fused-ring (bicyclic) bond motifs is 1. The molecule has 0 unspecified atom stereocenters. The Kier molecular flexibility index (Phi) is 6.13. The molecule has 162 valence electrons. The van der Waals surface area contributed by atoms with Gasteiger partial charge in [-0.1, -0.05) is 23.7 Å². The van der Waals surface area contributed by atoms with E-state index < -0.39 is 6.10 Å². The Balaban J connectivity index is 1.45. The lowest BCUT2D eigenvalue weighted by Crippen LogP contribution is -2.52. The third kappa shape index (κ3) is 4.37. The van der Waals surface area contributed by atoms with Crippen LogP contribution in [0, 0.1) is 5.92 Å². The van der Waals surface area contributed by atoms with Gasteiger partial charge in [0.2, 0.25) is 5.91 Å². The molecule has 2 aromatic carbocycles. The molecular formula is C23H24ClN3O4. The van der Waals surface area contributed by atoms with E-state index in [-0.39, 0.29) is 30.2 Å². The summed E-state index contributed by atoms with van der Waals surface area (Å²) in [6, 6.07) is 14.1. The number of anilines is 1. The molecule has 8 heteroatoms. The number of hydrogen-bond donors (Lipinski definition) is 1. The van der Waals surface area contributed by atoms with E-state index in [0.29, 0.717) is 48.0 Å². The summed E-state index contributed by atoms with van der Waals surface area (Å²) in [6.07, 6.45) is 0.389. The fourth-order valence-electron chi connectivity index (χ4n) is 4.07. The summed E-state index contributed by atoms with van der Waals surface area (Å²) in [6.45, 7) is 1.17. The Morgan fingerprint density at radius 2 is 1.71 bits per heavy atom. The smallest absolute Gasteiger partial charge is 0.262 e. The van der Waals surface area contributed by atoms with Crippen LogP contribution in [-0.2, 0) is 9.59 Å². The first-order valence-electron chi connectivity index (χ1n) is 10.3. The molecule has 1 N–H and O–H groups in total. The highest BCUT2D eigenvalue weighted by atomic mass is 35.5. The molecule has 4 rings (SSSR count). The Labute approximate surface area is 185 Å². The lowest BCUT2D eigenvalue weighted by molar-refractivity contribution is -0.128. The van der Waals surface area contributed by atoms with E-state index in [1.807, 2.05) is 18.2 Å². The van der Waals surface area contributed by atoms with Crippen LogP contribution in [0.2, 0.25) is 5.02 Å². The highest BCUT2D eigenvalue weighted by Gasteiger charge is 2.37. The van der Waals surface area contributed by atoms with Gasteiger partial charge in [-0.15, -0.1) is 0 Å². The summed E-state index contributed by atoms with van der Waals surface area (Å²) >= 11 is 5.90. The third-order valence-corrected chi connectivity index (χ3v) is 6.05. The van der Waals surface area contributed by atoms with Crippen molar-refractivity contribution >= 4 is 35.0 Å². The molecule has 2 heterocycles. The molecule has 0 aromatic heterocycles. The third-order valence-electron chi connectivity index (χ3n) is 5.80. The number of likely N-dealkylation sites (N-methyl/N-ethyl adjacent to an activating group) is 1. The predicted octanol–water partition coefficient (Wildman–Crippen LogP) is 2.73. The lowest BCUT2D eigenvalue weighted by atomic mass is 9.94. The average molecular weight is 442 g/mol. The van der Waals surface area contributed by atoms with E-state index in [4.69, 9.17) is 16.3 Å². The van der Waals surface area contributed by atoms with E-state index in [2.05, 4.69) is 5.32 Å². The number of carbonyl (C=O) groups excluding carboxylic acids is 3. The number of ether oxygens (including phenoxy) is 1. The maximum Gasteiger partial charge on any atom is 0.262 e. The number of halogens is 1. The minimum absolute atomic E-state index is 0.0387. The van der Waals surface area contributed by atoms with E-state index in [1.165, 1.54) is 0 Å². The first-order chi connectivity index (χ1) is 15.0. The largest absolute Gasteiger partial charge is 0.477 e. The van der Waals surface area contributed by atoms with Crippen molar-refractivity contribution in [1.29, 1.82) is 0 Å². The molecule has 1 atom stereocenters. The molecule has 2 aromatic rings. The number of amides is 3. The number of carbonyl (C=O) groups is 3. The molecule has 0 bridgehead atoms. The van der Waals surface area contributed by atoms with Gasteiger partial charge in [-0.2, -0.15) is 0 Å². The maximum absolute atomic E-state index is 13.4. The van der Waals surface area contributed by atoms with Gasteiger partial charge in [-0.3, -0.25) is 14.4 Å². The van der Waals surface area contributed by atoms with E-state index in [9.17, 15) is 14.4 Å². The van der Waals surface area contributed by atoms with Crippen molar-refractivity contribution in [3.63, 3.8) is 0 Å². The highest BCUT2D eigenvalue weighted by molar-refractivity contribution is 6.30. The van der Waals surface area contributed by atoms with Gasteiger partial charge in [-0.05, 0) is 49.2 Å². The molecule has 2 aliphatic rings. The zero-order valence-electron chi connectivity index (χ0n) is 17.2. The minimum Gasteiger partial charge on any atom is -0.477 e. The molecule has 0 aliphatic carbocycles. The summed E-state index contributed by atoms with van der Waals surface area (Å²) < 4.78 is 5.79. The van der Waals surface area contributed by atoms with Crippen molar-refractivity contribution in [1.82, 2.24) is 10.2 Å². The number of para-hydroxylation sites is 2. The van der Waals surface area contributed by atoms with Gasteiger partial charge in [0.05, 0.1) is 12.2 Å². The van der Waals surface area contributed by atoms with Crippen molar-refractivity contribution in [2.45, 2.75) is 18.9 Å². The molecule has 1 fully saturated rings. The van der Waals surface area contributed by atoms with Crippen molar-refractivity contribution in [2.75, 3.05) is 31.6 Å². The number of nitrogens with zero attached hydrogens (tertiary/aromatic N) is 2. The van der Waals surface area contributed by atoms with Gasteiger partial charge in [0, 0.05) is 36.6 Å². The number of rotatable bonds is 3. The summed E-state index contributed by atoms with van der Waals surface area (Å²) in [7, 11) is 1.55. The van der Waals surface area contributed by atoms with Gasteiger partial charge >= 0.3 is 0 Å². The first-order valence-corrected chi connectivity index (χ1v) is 10.7. The van der Waals surface area contributed by atoms with E-state index >= 15 is 0 Å². The first kappa shape index (κ1) is 21.2. The van der Waals surface area contributed by atoms with Gasteiger partial charge in [0.25, 0.3) is 11.8 Å². The van der Waals surface area contributed by atoms with Crippen LogP contribution in [-0.4, -0.2) is 55.4 Å². The van der Waals surface area contributed by atoms with Gasteiger partial charge in [0.15, 0.2) is 6.10 Å². The highest BCUT2D eigenvalue weighted by Crippen LogP contribution is 2.35. The van der Waals surface area contributed by atoms with Crippen LogP contribution in [0.5, 0.6) is 5.75 Å². The quantitative estimate of drug-likeness (QED) is 0.794. The monoisotopic (exact) mass is 441 g/mol. The van der Waals surface area contributed by atoms with Crippen LogP contribution in [0.25, 0.3) is 0 Å². The normalized spacial score (nSPS) is 18.7. The van der Waals surface area contributed by atoms with E-state index in [1.54, 1.807) is 47.2 Å². The molecule has 3 amide bonds. The predicted molar refractivity (Wildman–Crippen MR) is 117 cm³/mol. The van der Waals surface area contributed by atoms with E-state index in [0.717, 1.165) is 0 Å². The maximum atomic E-state index is 13.4. The Morgan fingerprint density at radius 3 is 2.39 bits per heavy atom. The molecule has 1 saturated heterocycles. The zero-order valence-corrected chi connectivity index (χ0v) is 18.0. The second-order valence-corrected chi connectivity index (χ2v) is 8.15. The lowest BCUT2D eigenvalue weighted by Gasteiger charge is -2.38. The van der Waals surface area contributed by atoms with Crippen molar-refractivity contribution in [3.05, 3.63) is 59.1 Å². The van der Waals surface area contributed by atoms with Crippen molar-refractivity contribution < 1.29 is 19.1 Å². The molecule has 2 aliphatic heterocycles. The van der Waals surface area contributed by atoms with Crippen molar-refractivity contribution in [2.24, 2.45) is 5.92 Å². The molecule has 31 heavy (non-hydrogen) atoms. The van der Waals surface area contributed by atoms with Crippen LogP contribution in [0.4, 0.5) is 5.69 Å². The summed E-state index contributed by atoms with van der Waals surface area (Å²) in [5, 5.41) is 3.17. The SMILES string of the molecule is CNC(=O)[C@@H]1CN(C(=O)C2CCN(C(=O)c3ccc(Cl)cc3)CC2)c2ccccc2O1. The van der Waals surface area contributed by atoms with Crippen molar-refractivity contribution in [3.8, 4) is 5.75 Å². The van der Waals surface area contributed by atoms with Crippen LogP contribution >= 0.6 is 11.6 Å². The Bertz CT molecular complexity index is 987. The summed E-state index contributed by atoms with van der Waals surface area (Å²) in [4.78, 5) is 41.7. The zero-order chi connectivity index (χ0) is 22.0. The minimum atomic E-state index is -0.754. The molecule has 0 saturated carbocycles.